The number of halogens is 1. The highest BCUT2D eigenvalue weighted by molar-refractivity contribution is 5.40. The molecule has 4 N–H and O–H groups in total. The van der Waals surface area contributed by atoms with E-state index in [9.17, 15) is 4.39 Å². The Labute approximate surface area is 93.6 Å². The number of nitrogens with two attached hydrogens (primary N) is 1. The van der Waals surface area contributed by atoms with Crippen molar-refractivity contribution in [1.29, 1.82) is 0 Å². The molecule has 0 amide bonds. The second kappa shape index (κ2) is 4.21. The molecule has 2 rings (SSSR count). The number of rotatable bonds is 4. The van der Waals surface area contributed by atoms with Gasteiger partial charge in [-0.15, -0.1) is 0 Å². The molecule has 0 aromatic carbocycles. The fourth-order valence-corrected chi connectivity index (χ4v) is 1.81. The summed E-state index contributed by atoms with van der Waals surface area (Å²) in [7, 11) is 0. The van der Waals surface area contributed by atoms with Gasteiger partial charge in [-0.1, -0.05) is 13.3 Å². The van der Waals surface area contributed by atoms with Gasteiger partial charge in [0.2, 0.25) is 5.95 Å². The van der Waals surface area contributed by atoms with E-state index in [1.165, 1.54) is 19.3 Å². The van der Waals surface area contributed by atoms with Crippen LogP contribution in [-0.4, -0.2) is 16.5 Å². The number of nitrogen functional groups attached to an aromatic ring is 1. The second-order valence-electron chi connectivity index (χ2n) is 4.55. The largest absolute Gasteiger partial charge is 0.367 e. The number of aromatic nitrogens is 2. The van der Waals surface area contributed by atoms with Crippen molar-refractivity contribution in [3.8, 4) is 0 Å². The summed E-state index contributed by atoms with van der Waals surface area (Å²) < 4.78 is 13.3. The lowest BCUT2D eigenvalue weighted by atomic mass is 9.70. The van der Waals surface area contributed by atoms with Crippen molar-refractivity contribution in [2.75, 3.05) is 17.3 Å². The maximum atomic E-state index is 13.3. The van der Waals surface area contributed by atoms with E-state index in [-0.39, 0.29) is 17.2 Å². The molecule has 6 heteroatoms. The van der Waals surface area contributed by atoms with Gasteiger partial charge in [-0.25, -0.2) is 15.2 Å². The van der Waals surface area contributed by atoms with E-state index in [0.29, 0.717) is 0 Å². The first-order valence-corrected chi connectivity index (χ1v) is 5.36. The quantitative estimate of drug-likeness (QED) is 0.535. The Bertz CT molecular complexity index is 377. The van der Waals surface area contributed by atoms with Gasteiger partial charge in [0.25, 0.3) is 0 Å². The monoisotopic (exact) mass is 225 g/mol. The molecule has 0 bridgehead atoms. The summed E-state index contributed by atoms with van der Waals surface area (Å²) in [6, 6.07) is 0. The molecule has 1 aliphatic carbocycles. The summed E-state index contributed by atoms with van der Waals surface area (Å²) in [5.41, 5.74) is 2.56. The normalized spacial score (nSPS) is 17.7. The van der Waals surface area contributed by atoms with Crippen molar-refractivity contribution in [2.24, 2.45) is 11.3 Å². The van der Waals surface area contributed by atoms with Crippen LogP contribution in [0.1, 0.15) is 26.2 Å². The molecule has 1 aromatic rings. The van der Waals surface area contributed by atoms with Gasteiger partial charge in [-0.2, -0.15) is 4.98 Å². The number of hydrogen-bond acceptors (Lipinski definition) is 5. The maximum Gasteiger partial charge on any atom is 0.239 e. The summed E-state index contributed by atoms with van der Waals surface area (Å²) in [6.07, 6.45) is 4.71. The minimum atomic E-state index is -0.457. The van der Waals surface area contributed by atoms with Crippen LogP contribution in [0, 0.1) is 11.2 Å². The molecule has 1 aliphatic rings. The fourth-order valence-electron chi connectivity index (χ4n) is 1.81. The van der Waals surface area contributed by atoms with Gasteiger partial charge >= 0.3 is 0 Å². The lowest BCUT2D eigenvalue weighted by molar-refractivity contribution is 0.179. The van der Waals surface area contributed by atoms with Crippen molar-refractivity contribution in [3.63, 3.8) is 0 Å². The Hall–Kier alpha value is -1.43. The minimum absolute atomic E-state index is 0.205. The third kappa shape index (κ3) is 2.21. The van der Waals surface area contributed by atoms with Gasteiger partial charge in [0.15, 0.2) is 11.6 Å². The highest BCUT2D eigenvalue weighted by atomic mass is 19.1. The van der Waals surface area contributed by atoms with Crippen LogP contribution in [0.5, 0.6) is 0 Å². The lowest BCUT2D eigenvalue weighted by Crippen LogP contribution is -2.33. The molecule has 1 aromatic heterocycles. The molecule has 0 spiro atoms. The van der Waals surface area contributed by atoms with Crippen LogP contribution in [0.3, 0.4) is 0 Å². The highest BCUT2D eigenvalue weighted by Crippen LogP contribution is 2.40. The van der Waals surface area contributed by atoms with Crippen molar-refractivity contribution < 1.29 is 4.39 Å². The Morgan fingerprint density at radius 2 is 2.31 bits per heavy atom. The predicted octanol–water partition coefficient (Wildman–Crippen LogP) is 1.50. The molecule has 88 valence electrons. The van der Waals surface area contributed by atoms with Crippen molar-refractivity contribution >= 4 is 11.8 Å². The molecular weight excluding hydrogens is 209 g/mol. The lowest BCUT2D eigenvalue weighted by Gasteiger charge is -2.38. The average molecular weight is 225 g/mol. The molecule has 0 saturated heterocycles. The van der Waals surface area contributed by atoms with Gasteiger partial charge in [0.1, 0.15) is 0 Å². The SMILES string of the molecule is CC1(CNc2nc(NN)ncc2F)CCC1. The zero-order valence-corrected chi connectivity index (χ0v) is 9.26. The van der Waals surface area contributed by atoms with Gasteiger partial charge in [0.05, 0.1) is 6.20 Å². The first-order chi connectivity index (χ1) is 7.63. The van der Waals surface area contributed by atoms with Crippen LogP contribution >= 0.6 is 0 Å². The fraction of sp³-hybridized carbons (Fsp3) is 0.600. The standard InChI is InChI=1S/C10H16FN5/c1-10(3-2-4-10)6-14-8-7(11)5-13-9(15-8)16-12/h5H,2-4,6,12H2,1H3,(H2,13,14,15,16). The van der Waals surface area contributed by atoms with E-state index in [1.54, 1.807) is 0 Å². The predicted molar refractivity (Wildman–Crippen MR) is 60.2 cm³/mol. The average Bonchev–Trinajstić information content (AvgIpc) is 2.25. The van der Waals surface area contributed by atoms with Crippen LogP contribution < -0.4 is 16.6 Å². The summed E-state index contributed by atoms with van der Waals surface area (Å²) in [6.45, 7) is 2.91. The van der Waals surface area contributed by atoms with Gasteiger partial charge in [-0.3, -0.25) is 5.43 Å². The number of hydrogen-bond donors (Lipinski definition) is 3. The maximum absolute atomic E-state index is 13.3. The first kappa shape index (κ1) is 11.1. The summed E-state index contributed by atoms with van der Waals surface area (Å²) >= 11 is 0. The van der Waals surface area contributed by atoms with Crippen LogP contribution in [-0.2, 0) is 0 Å². The Morgan fingerprint density at radius 3 is 2.88 bits per heavy atom. The van der Waals surface area contributed by atoms with Crippen molar-refractivity contribution in [3.05, 3.63) is 12.0 Å². The van der Waals surface area contributed by atoms with E-state index < -0.39 is 5.82 Å². The van der Waals surface area contributed by atoms with Gasteiger partial charge in [0, 0.05) is 6.54 Å². The van der Waals surface area contributed by atoms with E-state index in [1.807, 2.05) is 0 Å². The Morgan fingerprint density at radius 1 is 1.56 bits per heavy atom. The highest BCUT2D eigenvalue weighted by Gasteiger charge is 2.31. The topological polar surface area (TPSA) is 75.9 Å². The van der Waals surface area contributed by atoms with Crippen molar-refractivity contribution in [2.45, 2.75) is 26.2 Å². The Balaban J connectivity index is 2.02. The molecule has 0 radical (unpaired) electrons. The van der Waals surface area contributed by atoms with Crippen LogP contribution in [0.2, 0.25) is 0 Å². The first-order valence-electron chi connectivity index (χ1n) is 5.36. The summed E-state index contributed by atoms with van der Waals surface area (Å²) in [5.74, 6) is 5.12. The number of anilines is 2. The van der Waals surface area contributed by atoms with E-state index in [0.717, 1.165) is 12.7 Å². The number of nitrogens with one attached hydrogen (secondary N) is 2. The summed E-state index contributed by atoms with van der Waals surface area (Å²) in [5, 5.41) is 3.01. The van der Waals surface area contributed by atoms with Gasteiger partial charge < -0.3 is 5.32 Å². The molecule has 5 nitrogen and oxygen atoms in total. The third-order valence-corrected chi connectivity index (χ3v) is 3.12. The number of nitrogens with zero attached hydrogens (tertiary/aromatic N) is 2. The molecule has 1 heterocycles. The van der Waals surface area contributed by atoms with Crippen LogP contribution in [0.4, 0.5) is 16.2 Å². The Kier molecular flexibility index (Phi) is 2.91. The van der Waals surface area contributed by atoms with Gasteiger partial charge in [-0.05, 0) is 18.3 Å². The molecular formula is C10H16FN5. The molecule has 1 fully saturated rings. The van der Waals surface area contributed by atoms with Crippen LogP contribution in [0.25, 0.3) is 0 Å². The van der Waals surface area contributed by atoms with E-state index in [2.05, 4.69) is 27.6 Å². The van der Waals surface area contributed by atoms with Crippen molar-refractivity contribution in [1.82, 2.24) is 9.97 Å². The van der Waals surface area contributed by atoms with E-state index in [4.69, 9.17) is 5.84 Å². The second-order valence-corrected chi connectivity index (χ2v) is 4.55. The molecule has 0 aliphatic heterocycles. The zero-order valence-electron chi connectivity index (χ0n) is 9.26. The zero-order chi connectivity index (χ0) is 11.6. The third-order valence-electron chi connectivity index (χ3n) is 3.12. The molecule has 1 saturated carbocycles. The molecule has 0 atom stereocenters. The smallest absolute Gasteiger partial charge is 0.239 e. The molecule has 16 heavy (non-hydrogen) atoms. The minimum Gasteiger partial charge on any atom is -0.367 e. The number of hydrazine groups is 1. The van der Waals surface area contributed by atoms with E-state index >= 15 is 0 Å². The van der Waals surface area contributed by atoms with Crippen LogP contribution in [0.15, 0.2) is 6.20 Å². The summed E-state index contributed by atoms with van der Waals surface area (Å²) in [4.78, 5) is 7.59. The molecule has 0 unspecified atom stereocenters.